The summed E-state index contributed by atoms with van der Waals surface area (Å²) in [6.07, 6.45) is -0.925. The summed E-state index contributed by atoms with van der Waals surface area (Å²) >= 11 is 5.98. The lowest BCUT2D eigenvalue weighted by atomic mass is 9.76. The van der Waals surface area contributed by atoms with E-state index in [9.17, 15) is 9.59 Å². The first kappa shape index (κ1) is 18.9. The van der Waals surface area contributed by atoms with E-state index in [1.54, 1.807) is 29.3 Å². The van der Waals surface area contributed by atoms with Crippen LogP contribution in [0.1, 0.15) is 18.5 Å². The minimum absolute atomic E-state index is 0.285. The summed E-state index contributed by atoms with van der Waals surface area (Å²) in [6.45, 7) is 1.81. The van der Waals surface area contributed by atoms with Crippen LogP contribution in [0.15, 0.2) is 84.9 Å². The number of halogens is 1. The zero-order valence-electron chi connectivity index (χ0n) is 16.2. The molecule has 2 saturated heterocycles. The number of nitrogens with zero attached hydrogens (tertiary/aromatic N) is 2. The van der Waals surface area contributed by atoms with Crippen LogP contribution in [0.2, 0.25) is 5.02 Å². The van der Waals surface area contributed by atoms with Crippen molar-refractivity contribution in [3.8, 4) is 0 Å². The van der Waals surface area contributed by atoms with Crippen LogP contribution in [-0.2, 0) is 14.4 Å². The molecule has 3 atom stereocenters. The summed E-state index contributed by atoms with van der Waals surface area (Å²) in [4.78, 5) is 34.5. The molecule has 0 spiro atoms. The average molecular weight is 419 g/mol. The third-order valence-electron chi connectivity index (χ3n) is 5.89. The Morgan fingerprint density at radius 1 is 0.833 bits per heavy atom. The van der Waals surface area contributed by atoms with E-state index in [1.807, 2.05) is 67.6 Å². The van der Waals surface area contributed by atoms with Gasteiger partial charge in [-0.1, -0.05) is 60.1 Å². The predicted octanol–water partition coefficient (Wildman–Crippen LogP) is 4.78. The van der Waals surface area contributed by atoms with Crippen LogP contribution >= 0.6 is 11.6 Å². The Kier molecular flexibility index (Phi) is 4.38. The second kappa shape index (κ2) is 6.97. The van der Waals surface area contributed by atoms with E-state index in [0.29, 0.717) is 10.7 Å². The smallest absolute Gasteiger partial charge is 0.266 e. The number of hydrogen-bond acceptors (Lipinski definition) is 4. The summed E-state index contributed by atoms with van der Waals surface area (Å²) in [5, 5.41) is 2.24. The Labute approximate surface area is 179 Å². The molecule has 2 heterocycles. The second-order valence-electron chi connectivity index (χ2n) is 7.70. The van der Waals surface area contributed by atoms with Crippen molar-refractivity contribution in [2.45, 2.75) is 19.1 Å². The average Bonchev–Trinajstić information content (AvgIpc) is 3.19. The lowest BCUT2D eigenvalue weighted by molar-refractivity contribution is -0.128. The monoisotopic (exact) mass is 418 g/mol. The number of amides is 2. The predicted molar refractivity (Wildman–Crippen MR) is 115 cm³/mol. The minimum Gasteiger partial charge on any atom is -0.273 e. The van der Waals surface area contributed by atoms with Crippen molar-refractivity contribution in [3.63, 3.8) is 0 Å². The minimum atomic E-state index is -1.09. The summed E-state index contributed by atoms with van der Waals surface area (Å²) in [5.41, 5.74) is 1.10. The number of carbonyl (C=O) groups excluding carboxylic acids is 2. The van der Waals surface area contributed by atoms with Gasteiger partial charge in [-0.2, -0.15) is 0 Å². The van der Waals surface area contributed by atoms with Gasteiger partial charge in [0.2, 0.25) is 5.91 Å². The van der Waals surface area contributed by atoms with Crippen molar-refractivity contribution >= 4 is 34.8 Å². The molecular weight excluding hydrogens is 400 g/mol. The first-order valence-electron chi connectivity index (χ1n) is 9.72. The third-order valence-corrected chi connectivity index (χ3v) is 6.14. The van der Waals surface area contributed by atoms with E-state index in [1.165, 1.54) is 4.90 Å². The van der Waals surface area contributed by atoms with Gasteiger partial charge in [0.1, 0.15) is 5.41 Å². The van der Waals surface area contributed by atoms with Gasteiger partial charge in [0, 0.05) is 5.02 Å². The number of para-hydroxylation sites is 1. The molecule has 0 unspecified atom stereocenters. The van der Waals surface area contributed by atoms with Crippen LogP contribution in [0.4, 0.5) is 11.4 Å². The van der Waals surface area contributed by atoms with E-state index in [0.717, 1.165) is 11.3 Å². The number of anilines is 2. The fourth-order valence-electron chi connectivity index (χ4n) is 4.40. The molecule has 2 amide bonds. The van der Waals surface area contributed by atoms with Crippen LogP contribution in [0.3, 0.4) is 0 Å². The van der Waals surface area contributed by atoms with Gasteiger partial charge in [0.15, 0.2) is 6.10 Å². The first-order valence-corrected chi connectivity index (χ1v) is 10.1. The number of rotatable bonds is 3. The number of imide groups is 1. The topological polar surface area (TPSA) is 49.9 Å². The molecule has 0 aliphatic carbocycles. The highest BCUT2D eigenvalue weighted by atomic mass is 35.5. The molecule has 0 N–H and O–H groups in total. The molecule has 30 heavy (non-hydrogen) atoms. The van der Waals surface area contributed by atoms with Crippen LogP contribution in [-0.4, -0.2) is 17.9 Å². The van der Waals surface area contributed by atoms with Crippen LogP contribution in [0.25, 0.3) is 0 Å². The van der Waals surface area contributed by atoms with E-state index >= 15 is 0 Å². The highest BCUT2D eigenvalue weighted by Crippen LogP contribution is 2.55. The molecule has 0 radical (unpaired) electrons. The molecule has 2 aliphatic heterocycles. The summed E-state index contributed by atoms with van der Waals surface area (Å²) in [7, 11) is 0. The van der Waals surface area contributed by atoms with Gasteiger partial charge in [0.25, 0.3) is 5.91 Å². The van der Waals surface area contributed by atoms with Crippen molar-refractivity contribution in [3.05, 3.63) is 95.5 Å². The SMILES string of the molecule is C[C@]12C(=O)N(c3ccc(Cl)cc3)C(=O)[C@H]1ON(c1ccccc1)[C@@H]2c1ccccc1. The molecule has 2 fully saturated rings. The van der Waals surface area contributed by atoms with Gasteiger partial charge in [-0.05, 0) is 48.9 Å². The Bertz CT molecular complexity index is 1100. The standard InChI is InChI=1S/C24H19ClN2O3/c1-24-20(16-8-4-2-5-9-16)27(19-10-6-3-7-11-19)30-21(24)22(28)26(23(24)29)18-14-12-17(25)13-15-18/h2-15,20-21H,1H3/t20-,21-,24-/m1/s1. The molecular formula is C24H19ClN2O3. The summed E-state index contributed by atoms with van der Waals surface area (Å²) in [5.74, 6) is -0.656. The maximum absolute atomic E-state index is 13.7. The number of hydrogen-bond donors (Lipinski definition) is 0. The van der Waals surface area contributed by atoms with Crippen molar-refractivity contribution < 1.29 is 14.4 Å². The molecule has 0 aromatic heterocycles. The lowest BCUT2D eigenvalue weighted by Gasteiger charge is -2.32. The highest BCUT2D eigenvalue weighted by molar-refractivity contribution is 6.31. The van der Waals surface area contributed by atoms with Gasteiger partial charge < -0.3 is 0 Å². The largest absolute Gasteiger partial charge is 0.273 e. The second-order valence-corrected chi connectivity index (χ2v) is 8.13. The summed E-state index contributed by atoms with van der Waals surface area (Å²) < 4.78 is 0. The Morgan fingerprint density at radius 2 is 1.43 bits per heavy atom. The van der Waals surface area contributed by atoms with E-state index in [4.69, 9.17) is 16.4 Å². The van der Waals surface area contributed by atoms with Crippen LogP contribution in [0.5, 0.6) is 0 Å². The maximum Gasteiger partial charge on any atom is 0.266 e. The number of hydroxylamine groups is 1. The fraction of sp³-hybridized carbons (Fsp3) is 0.167. The van der Waals surface area contributed by atoms with Crippen molar-refractivity contribution in [2.75, 3.05) is 9.96 Å². The van der Waals surface area contributed by atoms with E-state index in [2.05, 4.69) is 0 Å². The van der Waals surface area contributed by atoms with Crippen molar-refractivity contribution in [1.82, 2.24) is 0 Å². The third kappa shape index (κ3) is 2.66. The van der Waals surface area contributed by atoms with Crippen LogP contribution < -0.4 is 9.96 Å². The van der Waals surface area contributed by atoms with E-state index in [-0.39, 0.29) is 11.8 Å². The lowest BCUT2D eigenvalue weighted by Crippen LogP contribution is -2.41. The van der Waals surface area contributed by atoms with Crippen molar-refractivity contribution in [1.29, 1.82) is 0 Å². The van der Waals surface area contributed by atoms with Gasteiger partial charge in [-0.3, -0.25) is 14.4 Å². The zero-order valence-corrected chi connectivity index (χ0v) is 17.0. The fourth-order valence-corrected chi connectivity index (χ4v) is 4.52. The molecule has 3 aromatic carbocycles. The normalized spacial score (nSPS) is 25.7. The summed E-state index contributed by atoms with van der Waals surface area (Å²) in [6, 6.07) is 25.5. The molecule has 150 valence electrons. The molecule has 0 saturated carbocycles. The zero-order chi connectivity index (χ0) is 20.9. The molecule has 5 rings (SSSR count). The number of fused-ring (bicyclic) bond motifs is 1. The molecule has 2 aliphatic rings. The van der Waals surface area contributed by atoms with Crippen molar-refractivity contribution in [2.24, 2.45) is 5.41 Å². The molecule has 6 heteroatoms. The Hall–Kier alpha value is -3.15. The highest BCUT2D eigenvalue weighted by Gasteiger charge is 2.68. The number of carbonyl (C=O) groups is 2. The Morgan fingerprint density at radius 3 is 2.07 bits per heavy atom. The molecule has 5 nitrogen and oxygen atoms in total. The molecule has 3 aromatic rings. The number of benzene rings is 3. The first-order chi connectivity index (χ1) is 14.5. The maximum atomic E-state index is 13.7. The quantitative estimate of drug-likeness (QED) is 0.574. The van der Waals surface area contributed by atoms with Gasteiger partial charge in [-0.25, -0.2) is 9.96 Å². The Balaban J connectivity index is 1.63. The van der Waals surface area contributed by atoms with Gasteiger partial charge in [0.05, 0.1) is 17.4 Å². The van der Waals surface area contributed by atoms with Gasteiger partial charge >= 0.3 is 0 Å². The molecule has 0 bridgehead atoms. The van der Waals surface area contributed by atoms with Gasteiger partial charge in [-0.15, -0.1) is 0 Å². The van der Waals surface area contributed by atoms with Crippen LogP contribution in [0, 0.1) is 5.41 Å². The van der Waals surface area contributed by atoms with E-state index < -0.39 is 17.6 Å².